The minimum Gasteiger partial charge on any atom is -0.337 e. The number of nitriles is 1. The maximum absolute atomic E-state index is 13.8. The standard InChI is InChI=1S/C22H18FN7O/c1-14-12-15(5-6-17(14)23)20-21(30-19(29-20)4-2-10-27-30)16-7-11-25-18(13-16)28-22(31)26-9-3-8-24/h2,4-7,10-13H,3,9H2,1H3,(H2,25,26,28,31). The molecule has 0 unspecified atom stereocenters. The molecule has 2 amide bonds. The number of imidazole rings is 1. The van der Waals surface area contributed by atoms with Gasteiger partial charge >= 0.3 is 6.03 Å². The molecule has 4 aromatic rings. The fraction of sp³-hybridized carbons (Fsp3) is 0.136. The molecule has 0 aliphatic heterocycles. The summed E-state index contributed by atoms with van der Waals surface area (Å²) in [6.45, 7) is 1.94. The van der Waals surface area contributed by atoms with Gasteiger partial charge in [-0.1, -0.05) is 0 Å². The van der Waals surface area contributed by atoms with Gasteiger partial charge in [0, 0.05) is 30.1 Å². The van der Waals surface area contributed by atoms with E-state index in [0.29, 0.717) is 28.4 Å². The average molecular weight is 415 g/mol. The first-order chi connectivity index (χ1) is 15.1. The van der Waals surface area contributed by atoms with Gasteiger partial charge in [-0.25, -0.2) is 23.7 Å². The van der Waals surface area contributed by atoms with Gasteiger partial charge in [-0.05, 0) is 55.0 Å². The Kier molecular flexibility index (Phi) is 5.53. The minimum absolute atomic E-state index is 0.217. The molecular weight excluding hydrogens is 397 g/mol. The molecule has 1 aromatic carbocycles. The van der Waals surface area contributed by atoms with Crippen LogP contribution in [-0.4, -0.2) is 32.2 Å². The van der Waals surface area contributed by atoms with Crippen LogP contribution < -0.4 is 10.6 Å². The van der Waals surface area contributed by atoms with Crippen molar-refractivity contribution in [3.63, 3.8) is 0 Å². The normalized spacial score (nSPS) is 10.6. The Morgan fingerprint density at radius 2 is 2.06 bits per heavy atom. The molecule has 0 saturated carbocycles. The number of benzene rings is 1. The number of halogens is 1. The number of nitrogens with zero attached hydrogens (tertiary/aromatic N) is 5. The van der Waals surface area contributed by atoms with Crippen molar-refractivity contribution in [3.05, 3.63) is 66.2 Å². The molecule has 154 valence electrons. The number of aryl methyl sites for hydroxylation is 1. The molecule has 0 fully saturated rings. The van der Waals surface area contributed by atoms with E-state index < -0.39 is 6.03 Å². The fourth-order valence-electron chi connectivity index (χ4n) is 3.18. The van der Waals surface area contributed by atoms with Crippen molar-refractivity contribution < 1.29 is 9.18 Å². The van der Waals surface area contributed by atoms with Crippen LogP contribution in [0.25, 0.3) is 28.2 Å². The van der Waals surface area contributed by atoms with E-state index in [1.54, 1.807) is 54.2 Å². The van der Waals surface area contributed by atoms with Gasteiger partial charge in [-0.15, -0.1) is 0 Å². The summed E-state index contributed by atoms with van der Waals surface area (Å²) in [6.07, 6.45) is 3.44. The van der Waals surface area contributed by atoms with Crippen LogP contribution in [0.1, 0.15) is 12.0 Å². The summed E-state index contributed by atoms with van der Waals surface area (Å²) in [5.41, 5.74) is 3.95. The Morgan fingerprint density at radius 1 is 1.19 bits per heavy atom. The van der Waals surface area contributed by atoms with E-state index in [4.69, 9.17) is 10.2 Å². The molecule has 0 radical (unpaired) electrons. The predicted molar refractivity (Wildman–Crippen MR) is 114 cm³/mol. The van der Waals surface area contributed by atoms with Gasteiger partial charge < -0.3 is 5.32 Å². The smallest absolute Gasteiger partial charge is 0.320 e. The Hall–Kier alpha value is -4.32. The number of carbonyl (C=O) groups excluding carboxylic acids is 1. The molecule has 0 spiro atoms. The maximum Gasteiger partial charge on any atom is 0.320 e. The molecule has 31 heavy (non-hydrogen) atoms. The van der Waals surface area contributed by atoms with E-state index in [1.807, 2.05) is 12.1 Å². The number of nitrogens with one attached hydrogen (secondary N) is 2. The van der Waals surface area contributed by atoms with Crippen LogP contribution in [0.15, 0.2) is 54.9 Å². The van der Waals surface area contributed by atoms with E-state index >= 15 is 0 Å². The number of hydrogen-bond acceptors (Lipinski definition) is 5. The number of anilines is 1. The molecule has 3 heterocycles. The maximum atomic E-state index is 13.8. The van der Waals surface area contributed by atoms with Gasteiger partial charge in [-0.2, -0.15) is 10.4 Å². The van der Waals surface area contributed by atoms with Gasteiger partial charge in [0.05, 0.1) is 18.2 Å². The molecule has 3 aromatic heterocycles. The van der Waals surface area contributed by atoms with Gasteiger partial charge in [0.25, 0.3) is 0 Å². The van der Waals surface area contributed by atoms with E-state index in [0.717, 1.165) is 11.1 Å². The van der Waals surface area contributed by atoms with Crippen LogP contribution in [0.4, 0.5) is 15.0 Å². The zero-order chi connectivity index (χ0) is 21.8. The number of urea groups is 1. The zero-order valence-corrected chi connectivity index (χ0v) is 16.6. The molecule has 0 bridgehead atoms. The molecule has 2 N–H and O–H groups in total. The third kappa shape index (κ3) is 4.18. The van der Waals surface area contributed by atoms with Crippen molar-refractivity contribution in [1.82, 2.24) is 24.9 Å². The van der Waals surface area contributed by atoms with Gasteiger partial charge in [0.2, 0.25) is 0 Å². The first-order valence-corrected chi connectivity index (χ1v) is 9.55. The largest absolute Gasteiger partial charge is 0.337 e. The van der Waals surface area contributed by atoms with E-state index in [2.05, 4.69) is 20.7 Å². The lowest BCUT2D eigenvalue weighted by molar-refractivity contribution is 0.252. The summed E-state index contributed by atoms with van der Waals surface area (Å²) in [5.74, 6) is 0.0454. The van der Waals surface area contributed by atoms with Crippen LogP contribution in [0.5, 0.6) is 0 Å². The SMILES string of the molecule is Cc1cc(-c2nc3cccnn3c2-c2ccnc(NC(=O)NCCC#N)c2)ccc1F. The molecule has 0 saturated heterocycles. The number of rotatable bonds is 5. The number of pyridine rings is 1. The van der Waals surface area contributed by atoms with Gasteiger partial charge in [0.1, 0.15) is 17.3 Å². The zero-order valence-electron chi connectivity index (χ0n) is 16.6. The highest BCUT2D eigenvalue weighted by atomic mass is 19.1. The monoisotopic (exact) mass is 415 g/mol. The lowest BCUT2D eigenvalue weighted by Gasteiger charge is -2.09. The minimum atomic E-state index is -0.453. The third-order valence-electron chi connectivity index (χ3n) is 4.62. The lowest BCUT2D eigenvalue weighted by atomic mass is 10.0. The molecule has 4 rings (SSSR count). The van der Waals surface area contributed by atoms with E-state index in [1.165, 1.54) is 6.07 Å². The Morgan fingerprint density at radius 3 is 2.87 bits per heavy atom. The van der Waals surface area contributed by atoms with Crippen LogP contribution in [0, 0.1) is 24.1 Å². The number of aromatic nitrogens is 4. The predicted octanol–water partition coefficient (Wildman–Crippen LogP) is 3.94. The molecule has 0 aliphatic carbocycles. The van der Waals surface area contributed by atoms with Crippen molar-refractivity contribution in [3.8, 4) is 28.6 Å². The van der Waals surface area contributed by atoms with E-state index in [9.17, 15) is 9.18 Å². The first-order valence-electron chi connectivity index (χ1n) is 9.55. The van der Waals surface area contributed by atoms with Crippen LogP contribution in [-0.2, 0) is 0 Å². The van der Waals surface area contributed by atoms with Crippen LogP contribution in [0.3, 0.4) is 0 Å². The molecule has 8 nitrogen and oxygen atoms in total. The number of fused-ring (bicyclic) bond motifs is 1. The quantitative estimate of drug-likeness (QED) is 0.480. The van der Waals surface area contributed by atoms with Crippen LogP contribution >= 0.6 is 0 Å². The highest BCUT2D eigenvalue weighted by Crippen LogP contribution is 2.33. The lowest BCUT2D eigenvalue weighted by Crippen LogP contribution is -2.29. The summed E-state index contributed by atoms with van der Waals surface area (Å²) in [7, 11) is 0. The van der Waals surface area contributed by atoms with E-state index in [-0.39, 0.29) is 18.8 Å². The summed E-state index contributed by atoms with van der Waals surface area (Å²) < 4.78 is 15.5. The summed E-state index contributed by atoms with van der Waals surface area (Å²) in [5, 5.41) is 18.2. The second-order valence-corrected chi connectivity index (χ2v) is 6.79. The van der Waals surface area contributed by atoms with Crippen molar-refractivity contribution in [2.75, 3.05) is 11.9 Å². The van der Waals surface area contributed by atoms with Crippen molar-refractivity contribution in [2.45, 2.75) is 13.3 Å². The van der Waals surface area contributed by atoms with Crippen molar-refractivity contribution in [1.29, 1.82) is 5.26 Å². The fourth-order valence-corrected chi connectivity index (χ4v) is 3.18. The number of hydrogen-bond donors (Lipinski definition) is 2. The molecular formula is C22H18FN7O. The summed E-state index contributed by atoms with van der Waals surface area (Å²) in [4.78, 5) is 20.9. The van der Waals surface area contributed by atoms with Crippen molar-refractivity contribution in [2.24, 2.45) is 0 Å². The Balaban J connectivity index is 1.76. The highest BCUT2D eigenvalue weighted by Gasteiger charge is 2.18. The highest BCUT2D eigenvalue weighted by molar-refractivity contribution is 5.89. The third-order valence-corrected chi connectivity index (χ3v) is 4.62. The van der Waals surface area contributed by atoms with Gasteiger partial charge in [-0.3, -0.25) is 5.32 Å². The Labute approximate surface area is 177 Å². The first kappa shape index (κ1) is 20.0. The topological polar surface area (TPSA) is 108 Å². The number of carbonyl (C=O) groups is 1. The summed E-state index contributed by atoms with van der Waals surface area (Å²) in [6, 6.07) is 13.5. The van der Waals surface area contributed by atoms with Crippen molar-refractivity contribution >= 4 is 17.5 Å². The Bertz CT molecular complexity index is 1310. The molecule has 0 atom stereocenters. The number of amides is 2. The van der Waals surface area contributed by atoms with Gasteiger partial charge in [0.15, 0.2) is 5.65 Å². The average Bonchev–Trinajstić information content (AvgIpc) is 3.15. The molecule has 9 heteroatoms. The summed E-state index contributed by atoms with van der Waals surface area (Å²) >= 11 is 0. The molecule has 0 aliphatic rings. The van der Waals surface area contributed by atoms with Crippen LogP contribution in [0.2, 0.25) is 0 Å². The second kappa shape index (κ2) is 8.59. The second-order valence-electron chi connectivity index (χ2n) is 6.79.